The average Bonchev–Trinajstić information content (AvgIpc) is 3.12. The molecule has 25 heavy (non-hydrogen) atoms. The van der Waals surface area contributed by atoms with Crippen LogP contribution in [0, 0.1) is 23.0 Å². The lowest BCUT2D eigenvalue weighted by atomic mass is 9.94. The van der Waals surface area contributed by atoms with Gasteiger partial charge < -0.3 is 5.11 Å². The van der Waals surface area contributed by atoms with Crippen LogP contribution in [0.1, 0.15) is 16.0 Å². The van der Waals surface area contributed by atoms with Gasteiger partial charge in [0.1, 0.15) is 22.2 Å². The Hall–Kier alpha value is -2.33. The molecule has 0 aliphatic heterocycles. The highest BCUT2D eigenvalue weighted by molar-refractivity contribution is 7.15. The third-order valence-corrected chi connectivity index (χ3v) is 5.33. The number of aromatic nitrogens is 1. The Morgan fingerprint density at radius 2 is 1.92 bits per heavy atom. The number of alkyl halides is 1. The normalized spacial score (nSPS) is 13.2. The molecule has 0 fully saturated rings. The van der Waals surface area contributed by atoms with Gasteiger partial charge in [-0.1, -0.05) is 12.1 Å². The Balaban J connectivity index is 2.02. The summed E-state index contributed by atoms with van der Waals surface area (Å²) in [4.78, 5) is 4.59. The first kappa shape index (κ1) is 17.5. The highest BCUT2D eigenvalue weighted by Crippen LogP contribution is 2.38. The average molecular weight is 377 g/mol. The Bertz CT molecular complexity index is 952. The molecular weight excluding hydrogens is 366 g/mol. The Morgan fingerprint density at radius 3 is 2.52 bits per heavy atom. The van der Waals surface area contributed by atoms with Crippen molar-refractivity contribution >= 4 is 22.9 Å². The topological polar surface area (TPSA) is 56.9 Å². The molecule has 1 aromatic heterocycles. The summed E-state index contributed by atoms with van der Waals surface area (Å²) >= 11 is 7.07. The van der Waals surface area contributed by atoms with Gasteiger partial charge in [0.05, 0.1) is 22.4 Å². The van der Waals surface area contributed by atoms with Crippen LogP contribution in [0.2, 0.25) is 0 Å². The fraction of sp³-hybridized carbons (Fsp3) is 0.111. The van der Waals surface area contributed by atoms with Crippen LogP contribution in [0.3, 0.4) is 0 Å². The van der Waals surface area contributed by atoms with E-state index in [1.807, 2.05) is 6.07 Å². The summed E-state index contributed by atoms with van der Waals surface area (Å²) in [6.45, 7) is 0. The highest BCUT2D eigenvalue weighted by atomic mass is 35.5. The van der Waals surface area contributed by atoms with Crippen LogP contribution in [0.25, 0.3) is 10.6 Å². The lowest BCUT2D eigenvalue weighted by Gasteiger charge is -2.25. The van der Waals surface area contributed by atoms with E-state index in [0.717, 1.165) is 23.0 Å². The van der Waals surface area contributed by atoms with Crippen LogP contribution in [0.15, 0.2) is 48.7 Å². The molecule has 2 aromatic carbocycles. The molecule has 0 radical (unpaired) electrons. The molecule has 1 atom stereocenters. The predicted octanol–water partition coefficient (Wildman–Crippen LogP) is 4.43. The number of hydrogen-bond acceptors (Lipinski definition) is 4. The van der Waals surface area contributed by atoms with E-state index in [2.05, 4.69) is 4.98 Å². The molecule has 126 valence electrons. The number of benzene rings is 2. The van der Waals surface area contributed by atoms with Crippen LogP contribution in [0.4, 0.5) is 8.78 Å². The smallest absolute Gasteiger partial charge is 0.142 e. The minimum Gasteiger partial charge on any atom is -0.378 e. The first-order valence-electron chi connectivity index (χ1n) is 7.18. The maximum Gasteiger partial charge on any atom is 0.142 e. The minimum absolute atomic E-state index is 0.112. The summed E-state index contributed by atoms with van der Waals surface area (Å²) in [5, 5.41) is 20.3. The van der Waals surface area contributed by atoms with Crippen LogP contribution in [0.5, 0.6) is 0 Å². The molecule has 7 heteroatoms. The number of rotatable bonds is 4. The Labute approximate surface area is 151 Å². The number of nitriles is 1. The predicted molar refractivity (Wildman–Crippen MR) is 92.3 cm³/mol. The summed E-state index contributed by atoms with van der Waals surface area (Å²) < 4.78 is 27.3. The van der Waals surface area contributed by atoms with Crippen molar-refractivity contribution in [2.45, 2.75) is 5.60 Å². The van der Waals surface area contributed by atoms with Gasteiger partial charge in [-0.25, -0.2) is 13.8 Å². The third-order valence-electron chi connectivity index (χ3n) is 3.74. The molecule has 3 rings (SSSR count). The van der Waals surface area contributed by atoms with Gasteiger partial charge in [0.25, 0.3) is 0 Å². The van der Waals surface area contributed by atoms with E-state index in [0.29, 0.717) is 21.5 Å². The van der Waals surface area contributed by atoms with E-state index in [1.54, 1.807) is 24.3 Å². The van der Waals surface area contributed by atoms with Gasteiger partial charge in [0.2, 0.25) is 0 Å². The summed E-state index contributed by atoms with van der Waals surface area (Å²) in [6, 6.07) is 11.8. The van der Waals surface area contributed by atoms with Crippen LogP contribution in [-0.4, -0.2) is 16.0 Å². The number of thiazole rings is 1. The van der Waals surface area contributed by atoms with Crippen molar-refractivity contribution in [2.24, 2.45) is 0 Å². The molecule has 3 aromatic rings. The van der Waals surface area contributed by atoms with Crippen LogP contribution in [-0.2, 0) is 5.60 Å². The van der Waals surface area contributed by atoms with E-state index < -0.39 is 17.2 Å². The second-order valence-corrected chi connectivity index (χ2v) is 6.63. The van der Waals surface area contributed by atoms with Crippen molar-refractivity contribution in [1.82, 2.24) is 4.98 Å². The van der Waals surface area contributed by atoms with Gasteiger partial charge in [0, 0.05) is 23.4 Å². The molecule has 0 aliphatic rings. The summed E-state index contributed by atoms with van der Waals surface area (Å²) in [6.07, 6.45) is 1.42. The quantitative estimate of drug-likeness (QED) is 0.685. The van der Waals surface area contributed by atoms with Crippen molar-refractivity contribution < 1.29 is 13.9 Å². The molecule has 0 amide bonds. The third kappa shape index (κ3) is 3.27. The van der Waals surface area contributed by atoms with E-state index in [1.165, 1.54) is 12.3 Å². The van der Waals surface area contributed by atoms with Crippen molar-refractivity contribution in [1.29, 1.82) is 5.26 Å². The zero-order chi connectivity index (χ0) is 18.0. The summed E-state index contributed by atoms with van der Waals surface area (Å²) in [7, 11) is 0. The zero-order valence-electron chi connectivity index (χ0n) is 12.7. The van der Waals surface area contributed by atoms with Gasteiger partial charge in [-0.05, 0) is 24.3 Å². The van der Waals surface area contributed by atoms with Gasteiger partial charge in [-0.15, -0.1) is 22.9 Å². The Kier molecular flexibility index (Phi) is 4.82. The molecule has 0 spiro atoms. The molecule has 1 unspecified atom stereocenters. The SMILES string of the molecule is N#Cc1ccc(-c2ncc(C(O)(CCl)c3ccc(F)cc3F)s2)cc1. The van der Waals surface area contributed by atoms with Crippen molar-refractivity contribution in [2.75, 3.05) is 5.88 Å². The first-order valence-corrected chi connectivity index (χ1v) is 8.54. The monoisotopic (exact) mass is 376 g/mol. The molecular formula is C18H11ClF2N2OS. The minimum atomic E-state index is -1.82. The molecule has 0 saturated carbocycles. The maximum absolute atomic E-state index is 14.1. The Morgan fingerprint density at radius 1 is 1.20 bits per heavy atom. The van der Waals surface area contributed by atoms with E-state index in [-0.39, 0.29) is 11.4 Å². The molecule has 1 heterocycles. The van der Waals surface area contributed by atoms with Gasteiger partial charge in [0.15, 0.2) is 0 Å². The fourth-order valence-electron chi connectivity index (χ4n) is 2.38. The van der Waals surface area contributed by atoms with E-state index in [4.69, 9.17) is 16.9 Å². The van der Waals surface area contributed by atoms with Crippen LogP contribution >= 0.6 is 22.9 Å². The first-order chi connectivity index (χ1) is 12.0. The molecule has 3 nitrogen and oxygen atoms in total. The highest BCUT2D eigenvalue weighted by Gasteiger charge is 2.35. The fourth-order valence-corrected chi connectivity index (χ4v) is 3.77. The largest absolute Gasteiger partial charge is 0.378 e. The summed E-state index contributed by atoms with van der Waals surface area (Å²) in [5.74, 6) is -1.93. The molecule has 0 saturated heterocycles. The molecule has 0 bridgehead atoms. The van der Waals surface area contributed by atoms with Crippen molar-refractivity contribution in [3.8, 4) is 16.6 Å². The van der Waals surface area contributed by atoms with E-state index >= 15 is 0 Å². The van der Waals surface area contributed by atoms with Gasteiger partial charge in [-0.3, -0.25) is 0 Å². The van der Waals surface area contributed by atoms with Gasteiger partial charge >= 0.3 is 0 Å². The standard InChI is InChI=1S/C18H11ClF2N2OS/c19-10-18(24,14-6-5-13(20)7-15(14)21)16-9-23-17(25-16)12-3-1-11(8-22)2-4-12/h1-7,9,24H,10H2. The number of nitrogens with zero attached hydrogens (tertiary/aromatic N) is 2. The second-order valence-electron chi connectivity index (χ2n) is 5.34. The maximum atomic E-state index is 14.1. The lowest BCUT2D eigenvalue weighted by molar-refractivity contribution is 0.105. The van der Waals surface area contributed by atoms with Crippen LogP contribution < -0.4 is 0 Å². The van der Waals surface area contributed by atoms with Crippen molar-refractivity contribution in [3.63, 3.8) is 0 Å². The number of halogens is 3. The summed E-state index contributed by atoms with van der Waals surface area (Å²) in [5.41, 5.74) is -0.654. The number of hydrogen-bond donors (Lipinski definition) is 1. The number of aliphatic hydroxyl groups is 1. The lowest BCUT2D eigenvalue weighted by Crippen LogP contribution is -2.29. The molecule has 0 aliphatic carbocycles. The van der Waals surface area contributed by atoms with Crippen molar-refractivity contribution in [3.05, 3.63) is 76.3 Å². The molecule has 1 N–H and O–H groups in total. The van der Waals surface area contributed by atoms with E-state index in [9.17, 15) is 13.9 Å². The van der Waals surface area contributed by atoms with Gasteiger partial charge in [-0.2, -0.15) is 5.26 Å². The second kappa shape index (κ2) is 6.89. The zero-order valence-corrected chi connectivity index (χ0v) is 14.3.